The van der Waals surface area contributed by atoms with E-state index < -0.39 is 0 Å². The highest BCUT2D eigenvalue weighted by Gasteiger charge is 2.16. The minimum atomic E-state index is 0.181. The van der Waals surface area contributed by atoms with Crippen molar-refractivity contribution in [3.05, 3.63) is 63.6 Å². The number of aryl methyl sites for hydroxylation is 1. The van der Waals surface area contributed by atoms with Gasteiger partial charge in [0.1, 0.15) is 5.75 Å². The first kappa shape index (κ1) is 15.1. The smallest absolute Gasteiger partial charge is 0.118 e. The number of halogens is 1. The SMILES string of the molecule is CCNC(c1ccc(OC)cc1)c1cccc(C)c1Br. The topological polar surface area (TPSA) is 21.3 Å². The Morgan fingerprint density at radius 3 is 2.45 bits per heavy atom. The molecule has 106 valence electrons. The zero-order valence-corrected chi connectivity index (χ0v) is 13.7. The highest BCUT2D eigenvalue weighted by molar-refractivity contribution is 9.10. The maximum absolute atomic E-state index is 5.23. The summed E-state index contributed by atoms with van der Waals surface area (Å²) in [6.45, 7) is 5.15. The van der Waals surface area contributed by atoms with Gasteiger partial charge >= 0.3 is 0 Å². The van der Waals surface area contributed by atoms with Gasteiger partial charge in [0.2, 0.25) is 0 Å². The molecule has 0 fully saturated rings. The first-order valence-corrected chi connectivity index (χ1v) is 7.59. The molecule has 0 aliphatic heterocycles. The van der Waals surface area contributed by atoms with Crippen LogP contribution in [0.2, 0.25) is 0 Å². The third-order valence-corrected chi connectivity index (χ3v) is 4.47. The van der Waals surface area contributed by atoms with Crippen LogP contribution >= 0.6 is 15.9 Å². The standard InChI is InChI=1S/C17H20BrNO/c1-4-19-17(13-8-10-14(20-3)11-9-13)15-7-5-6-12(2)16(15)18/h5-11,17,19H,4H2,1-3H3. The van der Waals surface area contributed by atoms with Gasteiger partial charge in [0.15, 0.2) is 0 Å². The number of rotatable bonds is 5. The molecule has 0 bridgehead atoms. The normalized spacial score (nSPS) is 12.2. The van der Waals surface area contributed by atoms with Crippen LogP contribution in [0.25, 0.3) is 0 Å². The molecule has 1 atom stereocenters. The molecule has 2 nitrogen and oxygen atoms in total. The largest absolute Gasteiger partial charge is 0.497 e. The summed E-state index contributed by atoms with van der Waals surface area (Å²) in [5.41, 5.74) is 3.75. The Morgan fingerprint density at radius 1 is 1.15 bits per heavy atom. The number of hydrogen-bond acceptors (Lipinski definition) is 2. The maximum atomic E-state index is 5.23. The fourth-order valence-corrected chi connectivity index (χ4v) is 2.79. The van der Waals surface area contributed by atoms with Gasteiger partial charge in [0.25, 0.3) is 0 Å². The van der Waals surface area contributed by atoms with E-state index in [-0.39, 0.29) is 6.04 Å². The second-order valence-corrected chi connectivity index (χ2v) is 5.53. The van der Waals surface area contributed by atoms with Crippen LogP contribution in [-0.4, -0.2) is 13.7 Å². The average Bonchev–Trinajstić information content (AvgIpc) is 2.48. The second-order valence-electron chi connectivity index (χ2n) is 4.74. The Morgan fingerprint density at radius 2 is 1.85 bits per heavy atom. The van der Waals surface area contributed by atoms with Gasteiger partial charge in [-0.25, -0.2) is 0 Å². The lowest BCUT2D eigenvalue weighted by molar-refractivity contribution is 0.414. The van der Waals surface area contributed by atoms with E-state index in [0.29, 0.717) is 0 Å². The van der Waals surface area contributed by atoms with Crippen LogP contribution in [0, 0.1) is 6.92 Å². The van der Waals surface area contributed by atoms with E-state index >= 15 is 0 Å². The van der Waals surface area contributed by atoms with Crippen LogP contribution in [0.3, 0.4) is 0 Å². The molecule has 0 saturated carbocycles. The van der Waals surface area contributed by atoms with Crippen LogP contribution in [0.5, 0.6) is 5.75 Å². The number of ether oxygens (including phenoxy) is 1. The number of nitrogens with one attached hydrogen (secondary N) is 1. The van der Waals surface area contributed by atoms with Crippen molar-refractivity contribution in [1.29, 1.82) is 0 Å². The predicted octanol–water partition coefficient (Wildman–Crippen LogP) is 4.47. The van der Waals surface area contributed by atoms with Crippen molar-refractivity contribution in [1.82, 2.24) is 5.32 Å². The lowest BCUT2D eigenvalue weighted by Gasteiger charge is -2.21. The summed E-state index contributed by atoms with van der Waals surface area (Å²) in [6.07, 6.45) is 0. The summed E-state index contributed by atoms with van der Waals surface area (Å²) in [4.78, 5) is 0. The van der Waals surface area contributed by atoms with Crippen molar-refractivity contribution in [3.8, 4) is 5.75 Å². The molecule has 0 aliphatic rings. The van der Waals surface area contributed by atoms with Gasteiger partial charge < -0.3 is 10.1 Å². The second kappa shape index (κ2) is 6.91. The van der Waals surface area contributed by atoms with Crippen molar-refractivity contribution in [3.63, 3.8) is 0 Å². The molecule has 2 rings (SSSR count). The van der Waals surface area contributed by atoms with E-state index in [1.165, 1.54) is 21.2 Å². The van der Waals surface area contributed by atoms with Gasteiger partial charge in [0, 0.05) is 4.47 Å². The zero-order valence-electron chi connectivity index (χ0n) is 12.1. The molecule has 2 aromatic rings. The molecular weight excluding hydrogens is 314 g/mol. The van der Waals surface area contributed by atoms with Crippen molar-refractivity contribution >= 4 is 15.9 Å². The zero-order chi connectivity index (χ0) is 14.5. The minimum Gasteiger partial charge on any atom is -0.497 e. The van der Waals surface area contributed by atoms with Crippen LogP contribution in [0.1, 0.15) is 29.7 Å². The fraction of sp³-hybridized carbons (Fsp3) is 0.294. The van der Waals surface area contributed by atoms with E-state index in [4.69, 9.17) is 4.74 Å². The molecule has 0 radical (unpaired) electrons. The third kappa shape index (κ3) is 3.22. The fourth-order valence-electron chi connectivity index (χ4n) is 2.30. The number of methoxy groups -OCH3 is 1. The number of benzene rings is 2. The molecule has 1 N–H and O–H groups in total. The van der Waals surface area contributed by atoms with Crippen LogP contribution in [0.15, 0.2) is 46.9 Å². The van der Waals surface area contributed by atoms with E-state index in [1.807, 2.05) is 12.1 Å². The van der Waals surface area contributed by atoms with Gasteiger partial charge in [-0.2, -0.15) is 0 Å². The molecule has 0 spiro atoms. The first-order valence-electron chi connectivity index (χ1n) is 6.79. The first-order chi connectivity index (χ1) is 9.67. The Hall–Kier alpha value is -1.32. The minimum absolute atomic E-state index is 0.181. The molecule has 20 heavy (non-hydrogen) atoms. The Balaban J connectivity index is 2.41. The third-order valence-electron chi connectivity index (χ3n) is 3.39. The summed E-state index contributed by atoms with van der Waals surface area (Å²) in [7, 11) is 1.69. The summed E-state index contributed by atoms with van der Waals surface area (Å²) >= 11 is 3.71. The highest BCUT2D eigenvalue weighted by Crippen LogP contribution is 2.31. The summed E-state index contributed by atoms with van der Waals surface area (Å²) in [6, 6.07) is 14.8. The van der Waals surface area contributed by atoms with Gasteiger partial charge in [-0.1, -0.05) is 53.2 Å². The highest BCUT2D eigenvalue weighted by atomic mass is 79.9. The van der Waals surface area contributed by atoms with E-state index in [0.717, 1.165) is 12.3 Å². The predicted molar refractivity (Wildman–Crippen MR) is 87.4 cm³/mol. The quantitative estimate of drug-likeness (QED) is 0.871. The van der Waals surface area contributed by atoms with Gasteiger partial charge in [0.05, 0.1) is 13.2 Å². The molecule has 2 aromatic carbocycles. The molecular formula is C17H20BrNO. The Bertz CT molecular complexity index is 566. The maximum Gasteiger partial charge on any atom is 0.118 e. The summed E-state index contributed by atoms with van der Waals surface area (Å²) in [5, 5.41) is 3.55. The van der Waals surface area contributed by atoms with Crippen molar-refractivity contribution in [2.24, 2.45) is 0 Å². The Kier molecular flexibility index (Phi) is 5.21. The monoisotopic (exact) mass is 333 g/mol. The average molecular weight is 334 g/mol. The van der Waals surface area contributed by atoms with Crippen LogP contribution in [-0.2, 0) is 0 Å². The van der Waals surface area contributed by atoms with Gasteiger partial charge in [-0.05, 0) is 42.3 Å². The lowest BCUT2D eigenvalue weighted by atomic mass is 9.97. The van der Waals surface area contributed by atoms with Crippen LogP contribution in [0.4, 0.5) is 0 Å². The van der Waals surface area contributed by atoms with E-state index in [2.05, 4.69) is 65.4 Å². The molecule has 3 heteroatoms. The molecule has 1 unspecified atom stereocenters. The van der Waals surface area contributed by atoms with Crippen molar-refractivity contribution in [2.45, 2.75) is 19.9 Å². The van der Waals surface area contributed by atoms with Crippen molar-refractivity contribution < 1.29 is 4.74 Å². The molecule has 0 aromatic heterocycles. The van der Waals surface area contributed by atoms with E-state index in [9.17, 15) is 0 Å². The molecule has 0 heterocycles. The summed E-state index contributed by atoms with van der Waals surface area (Å²) < 4.78 is 6.40. The van der Waals surface area contributed by atoms with Gasteiger partial charge in [-0.3, -0.25) is 0 Å². The van der Waals surface area contributed by atoms with E-state index in [1.54, 1.807) is 7.11 Å². The molecule has 0 saturated heterocycles. The Labute approximate surface area is 129 Å². The lowest BCUT2D eigenvalue weighted by Crippen LogP contribution is -2.22. The molecule has 0 aliphatic carbocycles. The van der Waals surface area contributed by atoms with Gasteiger partial charge in [-0.15, -0.1) is 0 Å². The molecule has 0 amide bonds. The number of hydrogen-bond donors (Lipinski definition) is 1. The van der Waals surface area contributed by atoms with Crippen molar-refractivity contribution in [2.75, 3.05) is 13.7 Å². The van der Waals surface area contributed by atoms with Crippen LogP contribution < -0.4 is 10.1 Å². The summed E-state index contributed by atoms with van der Waals surface area (Å²) in [5.74, 6) is 0.882.